The van der Waals surface area contributed by atoms with E-state index in [0.29, 0.717) is 51.4 Å². The van der Waals surface area contributed by atoms with Gasteiger partial charge in [0, 0.05) is 26.2 Å². The van der Waals surface area contributed by atoms with E-state index in [2.05, 4.69) is 49.8 Å². The largest absolute Gasteiger partial charge is 0.378 e. The van der Waals surface area contributed by atoms with Gasteiger partial charge in [-0.2, -0.15) is 15.0 Å². The van der Waals surface area contributed by atoms with Gasteiger partial charge in [0.15, 0.2) is 0 Å². The molecule has 2 aromatic rings. The number of nitrogens with zero attached hydrogens (tertiary/aromatic N) is 4. The van der Waals surface area contributed by atoms with Gasteiger partial charge in [-0.1, -0.05) is 24.3 Å². The molecule has 4 N–H and O–H groups in total. The zero-order chi connectivity index (χ0) is 21.3. The number of ether oxygens (including phenoxy) is 2. The summed E-state index contributed by atoms with van der Waals surface area (Å²) in [6.45, 7) is 5.34. The highest BCUT2D eigenvalue weighted by Gasteiger charge is 2.24. The molecule has 0 saturated carbocycles. The standard InChI is InChI=1S/C22H33N7O2/c23-9-13-30-15-16-31-14-10-24-20-26-21(28-22(27-20)29-11-3-4-12-29)25-19-8-7-17-5-1-2-6-18(17)19/h1-2,5-6,19H,3-4,7-16,23H2,(H2,24,25,26,27,28). The van der Waals surface area contributed by atoms with Crippen LogP contribution in [0.1, 0.15) is 36.4 Å². The van der Waals surface area contributed by atoms with Gasteiger partial charge in [0.05, 0.1) is 32.5 Å². The highest BCUT2D eigenvalue weighted by molar-refractivity contribution is 5.47. The topological polar surface area (TPSA) is 110 Å². The molecule has 31 heavy (non-hydrogen) atoms. The van der Waals surface area contributed by atoms with Gasteiger partial charge in [-0.3, -0.25) is 0 Å². The molecule has 1 unspecified atom stereocenters. The molecular formula is C22H33N7O2. The van der Waals surface area contributed by atoms with E-state index in [1.54, 1.807) is 0 Å². The average Bonchev–Trinajstić information content (AvgIpc) is 3.46. The molecule has 2 aliphatic rings. The fraction of sp³-hybridized carbons (Fsp3) is 0.591. The Morgan fingerprint density at radius 2 is 1.74 bits per heavy atom. The first kappa shape index (κ1) is 21.7. The van der Waals surface area contributed by atoms with Gasteiger partial charge in [-0.05, 0) is 36.8 Å². The van der Waals surface area contributed by atoms with E-state index < -0.39 is 0 Å². The monoisotopic (exact) mass is 427 g/mol. The minimum atomic E-state index is 0.231. The Hall–Kier alpha value is -2.49. The maximum Gasteiger partial charge on any atom is 0.231 e. The number of benzene rings is 1. The number of hydrogen-bond donors (Lipinski definition) is 3. The smallest absolute Gasteiger partial charge is 0.231 e. The number of nitrogens with one attached hydrogen (secondary N) is 2. The van der Waals surface area contributed by atoms with Crippen molar-refractivity contribution in [2.45, 2.75) is 31.7 Å². The van der Waals surface area contributed by atoms with Crippen LogP contribution in [0, 0.1) is 0 Å². The number of fused-ring (bicyclic) bond motifs is 1. The average molecular weight is 428 g/mol. The van der Waals surface area contributed by atoms with Crippen LogP contribution < -0.4 is 21.3 Å². The lowest BCUT2D eigenvalue weighted by molar-refractivity contribution is 0.0547. The molecule has 1 fully saturated rings. The molecular weight excluding hydrogens is 394 g/mol. The normalized spacial score (nSPS) is 17.7. The van der Waals surface area contributed by atoms with Crippen molar-refractivity contribution in [1.82, 2.24) is 15.0 Å². The summed E-state index contributed by atoms with van der Waals surface area (Å²) in [7, 11) is 0. The van der Waals surface area contributed by atoms with Crippen molar-refractivity contribution in [2.75, 3.05) is 68.1 Å². The van der Waals surface area contributed by atoms with E-state index in [4.69, 9.17) is 20.2 Å². The fourth-order valence-electron chi connectivity index (χ4n) is 4.07. The molecule has 1 saturated heterocycles. The Morgan fingerprint density at radius 1 is 0.968 bits per heavy atom. The van der Waals surface area contributed by atoms with Crippen LogP contribution in [0.15, 0.2) is 24.3 Å². The zero-order valence-corrected chi connectivity index (χ0v) is 18.1. The van der Waals surface area contributed by atoms with Gasteiger partial charge >= 0.3 is 0 Å². The Morgan fingerprint density at radius 3 is 2.58 bits per heavy atom. The molecule has 2 heterocycles. The van der Waals surface area contributed by atoms with Crippen LogP contribution >= 0.6 is 0 Å². The van der Waals surface area contributed by atoms with E-state index in [-0.39, 0.29) is 6.04 Å². The maximum absolute atomic E-state index is 5.58. The van der Waals surface area contributed by atoms with Crippen molar-refractivity contribution in [3.8, 4) is 0 Å². The molecule has 9 nitrogen and oxygen atoms in total. The quantitative estimate of drug-likeness (QED) is 0.438. The molecule has 0 amide bonds. The maximum atomic E-state index is 5.58. The van der Waals surface area contributed by atoms with E-state index in [0.717, 1.165) is 31.9 Å². The highest BCUT2D eigenvalue weighted by Crippen LogP contribution is 2.33. The molecule has 0 radical (unpaired) electrons. The Bertz CT molecular complexity index is 829. The molecule has 1 aliphatic heterocycles. The predicted molar refractivity (Wildman–Crippen MR) is 122 cm³/mol. The number of rotatable bonds is 12. The van der Waals surface area contributed by atoms with Crippen LogP contribution in [-0.4, -0.2) is 67.6 Å². The van der Waals surface area contributed by atoms with E-state index >= 15 is 0 Å². The Balaban J connectivity index is 1.37. The fourth-order valence-corrected chi connectivity index (χ4v) is 4.07. The molecule has 9 heteroatoms. The number of hydrogen-bond acceptors (Lipinski definition) is 9. The highest BCUT2D eigenvalue weighted by atomic mass is 16.5. The van der Waals surface area contributed by atoms with Gasteiger partial charge in [0.1, 0.15) is 0 Å². The van der Waals surface area contributed by atoms with Crippen LogP contribution in [0.25, 0.3) is 0 Å². The summed E-state index contributed by atoms with van der Waals surface area (Å²) in [5, 5.41) is 6.83. The molecule has 1 aromatic heterocycles. The lowest BCUT2D eigenvalue weighted by Crippen LogP contribution is -2.23. The summed E-state index contributed by atoms with van der Waals surface area (Å²) in [6.07, 6.45) is 4.48. The Kier molecular flexibility index (Phi) is 7.87. The summed E-state index contributed by atoms with van der Waals surface area (Å²) in [6, 6.07) is 8.82. The van der Waals surface area contributed by atoms with Gasteiger partial charge in [-0.25, -0.2) is 0 Å². The van der Waals surface area contributed by atoms with Gasteiger partial charge in [0.25, 0.3) is 0 Å². The van der Waals surface area contributed by atoms with Crippen LogP contribution in [-0.2, 0) is 15.9 Å². The van der Waals surface area contributed by atoms with Gasteiger partial charge < -0.3 is 30.7 Å². The molecule has 0 bridgehead atoms. The summed E-state index contributed by atoms with van der Waals surface area (Å²) in [5.74, 6) is 1.94. The van der Waals surface area contributed by atoms with E-state index in [1.165, 1.54) is 24.0 Å². The van der Waals surface area contributed by atoms with E-state index in [1.807, 2.05) is 0 Å². The first-order valence-corrected chi connectivity index (χ1v) is 11.3. The lowest BCUT2D eigenvalue weighted by Gasteiger charge is -2.19. The van der Waals surface area contributed by atoms with E-state index in [9.17, 15) is 0 Å². The summed E-state index contributed by atoms with van der Waals surface area (Å²) >= 11 is 0. The van der Waals surface area contributed by atoms with Crippen molar-refractivity contribution in [3.63, 3.8) is 0 Å². The number of aryl methyl sites for hydroxylation is 1. The summed E-state index contributed by atoms with van der Waals surface area (Å²) in [4.78, 5) is 16.2. The van der Waals surface area contributed by atoms with Crippen LogP contribution in [0.5, 0.6) is 0 Å². The minimum Gasteiger partial charge on any atom is -0.378 e. The minimum absolute atomic E-state index is 0.231. The third-order valence-electron chi connectivity index (χ3n) is 5.61. The predicted octanol–water partition coefficient (Wildman–Crippen LogP) is 1.97. The lowest BCUT2D eigenvalue weighted by atomic mass is 10.1. The van der Waals surface area contributed by atoms with Crippen molar-refractivity contribution >= 4 is 17.8 Å². The molecule has 4 rings (SSSR count). The van der Waals surface area contributed by atoms with Crippen molar-refractivity contribution in [3.05, 3.63) is 35.4 Å². The SMILES string of the molecule is NCCOCCOCCNc1nc(NC2CCc3ccccc32)nc(N2CCCC2)n1. The number of aromatic nitrogens is 3. The van der Waals surface area contributed by atoms with Crippen LogP contribution in [0.2, 0.25) is 0 Å². The summed E-state index contributed by atoms with van der Waals surface area (Å²) < 4.78 is 10.9. The van der Waals surface area contributed by atoms with Gasteiger partial charge in [0.2, 0.25) is 17.8 Å². The third-order valence-corrected chi connectivity index (χ3v) is 5.61. The molecule has 1 aliphatic carbocycles. The van der Waals surface area contributed by atoms with Crippen LogP contribution in [0.4, 0.5) is 17.8 Å². The molecule has 0 spiro atoms. The number of nitrogens with two attached hydrogens (primary N) is 1. The number of anilines is 3. The first-order valence-electron chi connectivity index (χ1n) is 11.3. The van der Waals surface area contributed by atoms with Crippen LogP contribution in [0.3, 0.4) is 0 Å². The first-order chi connectivity index (χ1) is 15.3. The van der Waals surface area contributed by atoms with Crippen molar-refractivity contribution < 1.29 is 9.47 Å². The van der Waals surface area contributed by atoms with Crippen molar-refractivity contribution in [1.29, 1.82) is 0 Å². The Labute approximate surface area is 183 Å². The second kappa shape index (κ2) is 11.2. The second-order valence-electron chi connectivity index (χ2n) is 7.85. The van der Waals surface area contributed by atoms with Crippen molar-refractivity contribution in [2.24, 2.45) is 5.73 Å². The second-order valence-corrected chi connectivity index (χ2v) is 7.85. The zero-order valence-electron chi connectivity index (χ0n) is 18.1. The third kappa shape index (κ3) is 6.03. The molecule has 1 aromatic carbocycles. The molecule has 168 valence electrons. The molecule has 1 atom stereocenters. The summed E-state index contributed by atoms with van der Waals surface area (Å²) in [5.41, 5.74) is 8.14. The van der Waals surface area contributed by atoms with Gasteiger partial charge in [-0.15, -0.1) is 0 Å².